The van der Waals surface area contributed by atoms with Crippen molar-refractivity contribution in [3.05, 3.63) is 35.4 Å². The maximum absolute atomic E-state index is 11.9. The number of benzene rings is 1. The van der Waals surface area contributed by atoms with Crippen LogP contribution in [0.5, 0.6) is 0 Å². The van der Waals surface area contributed by atoms with Gasteiger partial charge in [-0.15, -0.1) is 0 Å². The van der Waals surface area contributed by atoms with Gasteiger partial charge in [0.15, 0.2) is 0 Å². The summed E-state index contributed by atoms with van der Waals surface area (Å²) in [7, 11) is 1.59. The minimum atomic E-state index is -0.160. The molecule has 0 spiro atoms. The number of carbonyl (C=O) groups is 1. The van der Waals surface area contributed by atoms with Crippen LogP contribution in [0.4, 0.5) is 0 Å². The third-order valence-corrected chi connectivity index (χ3v) is 2.44. The summed E-state index contributed by atoms with van der Waals surface area (Å²) >= 11 is 4.86. The fourth-order valence-electron chi connectivity index (χ4n) is 1.41. The number of nitrogens with two attached hydrogens (primary N) is 1. The lowest BCUT2D eigenvalue weighted by molar-refractivity contribution is 0.0905. The van der Waals surface area contributed by atoms with Gasteiger partial charge in [-0.3, -0.25) is 4.79 Å². The number of nitrogens with one attached hydrogen (secondary N) is 1. The number of carbonyl (C=O) groups excluding carboxylic acids is 1. The summed E-state index contributed by atoms with van der Waals surface area (Å²) in [6, 6.07) is 6.89. The highest BCUT2D eigenvalue weighted by molar-refractivity contribution is 7.80. The second kappa shape index (κ2) is 6.32. The van der Waals surface area contributed by atoms with E-state index in [4.69, 9.17) is 22.7 Å². The van der Waals surface area contributed by atoms with Gasteiger partial charge in [-0.05, 0) is 19.1 Å². The first kappa shape index (κ1) is 13.6. The van der Waals surface area contributed by atoms with Gasteiger partial charge in [0.05, 0.1) is 6.61 Å². The van der Waals surface area contributed by atoms with Gasteiger partial charge in [0.25, 0.3) is 5.91 Å². The summed E-state index contributed by atoms with van der Waals surface area (Å²) in [6.45, 7) is 2.35. The maximum atomic E-state index is 11.9. The zero-order chi connectivity index (χ0) is 12.8. The quantitative estimate of drug-likeness (QED) is 0.770. The van der Waals surface area contributed by atoms with E-state index in [1.807, 2.05) is 6.92 Å². The highest BCUT2D eigenvalue weighted by atomic mass is 32.1. The van der Waals surface area contributed by atoms with Crippen LogP contribution < -0.4 is 11.1 Å². The molecule has 1 unspecified atom stereocenters. The predicted molar refractivity (Wildman–Crippen MR) is 71.1 cm³/mol. The molecule has 0 radical (unpaired) electrons. The van der Waals surface area contributed by atoms with Crippen molar-refractivity contribution in [1.29, 1.82) is 0 Å². The summed E-state index contributed by atoms with van der Waals surface area (Å²) in [4.78, 5) is 12.1. The van der Waals surface area contributed by atoms with Crippen LogP contribution in [-0.4, -0.2) is 30.7 Å². The monoisotopic (exact) mass is 252 g/mol. The Bertz CT molecular complexity index is 421. The first-order valence-electron chi connectivity index (χ1n) is 5.24. The van der Waals surface area contributed by atoms with E-state index in [2.05, 4.69) is 5.32 Å². The third-order valence-electron chi connectivity index (χ3n) is 2.20. The van der Waals surface area contributed by atoms with Gasteiger partial charge in [0.1, 0.15) is 4.99 Å². The first-order chi connectivity index (χ1) is 8.04. The van der Waals surface area contributed by atoms with E-state index < -0.39 is 0 Å². The second-order valence-corrected chi connectivity index (χ2v) is 4.21. The van der Waals surface area contributed by atoms with Gasteiger partial charge in [-0.1, -0.05) is 24.4 Å². The van der Waals surface area contributed by atoms with Crippen LogP contribution in [0, 0.1) is 0 Å². The van der Waals surface area contributed by atoms with E-state index in [9.17, 15) is 4.79 Å². The zero-order valence-electron chi connectivity index (χ0n) is 9.90. The maximum Gasteiger partial charge on any atom is 0.251 e. The van der Waals surface area contributed by atoms with Crippen LogP contribution in [-0.2, 0) is 4.74 Å². The first-order valence-corrected chi connectivity index (χ1v) is 5.65. The summed E-state index contributed by atoms with van der Waals surface area (Å²) in [5.74, 6) is -0.160. The molecule has 0 fully saturated rings. The van der Waals surface area contributed by atoms with E-state index in [0.717, 1.165) is 0 Å². The molecule has 0 aliphatic heterocycles. The largest absolute Gasteiger partial charge is 0.389 e. The summed E-state index contributed by atoms with van der Waals surface area (Å²) in [5.41, 5.74) is 6.74. The number of thiocarbonyl (C=S) groups is 1. The Kier molecular flexibility index (Phi) is 5.06. The standard InChI is InChI=1S/C12H16N2O2S/c1-8(7-16-2)14-12(15)10-5-3-4-9(6-10)11(13)17/h3-6,8H,7H2,1-2H3,(H2,13,17)(H,14,15). The molecule has 0 heterocycles. The third kappa shape index (κ3) is 4.13. The van der Waals surface area contributed by atoms with Crippen LogP contribution in [0.1, 0.15) is 22.8 Å². The predicted octanol–water partition coefficient (Wildman–Crippen LogP) is 1.09. The molecular formula is C12H16N2O2S. The van der Waals surface area contributed by atoms with Gasteiger partial charge in [0.2, 0.25) is 0 Å². The Morgan fingerprint density at radius 1 is 1.53 bits per heavy atom. The molecule has 1 rings (SSSR count). The second-order valence-electron chi connectivity index (χ2n) is 3.77. The molecule has 1 aromatic carbocycles. The number of hydrogen-bond donors (Lipinski definition) is 2. The van der Waals surface area contributed by atoms with Crippen molar-refractivity contribution < 1.29 is 9.53 Å². The smallest absolute Gasteiger partial charge is 0.251 e. The van der Waals surface area contributed by atoms with E-state index in [1.54, 1.807) is 31.4 Å². The zero-order valence-corrected chi connectivity index (χ0v) is 10.7. The van der Waals surface area contributed by atoms with E-state index >= 15 is 0 Å². The van der Waals surface area contributed by atoms with E-state index in [-0.39, 0.29) is 16.9 Å². The number of amides is 1. The molecule has 0 saturated carbocycles. The lowest BCUT2D eigenvalue weighted by Crippen LogP contribution is -2.35. The van der Waals surface area contributed by atoms with Crippen molar-refractivity contribution in [3.8, 4) is 0 Å². The van der Waals surface area contributed by atoms with Crippen molar-refractivity contribution in [2.75, 3.05) is 13.7 Å². The normalized spacial score (nSPS) is 11.9. The number of methoxy groups -OCH3 is 1. The van der Waals surface area contributed by atoms with Crippen LogP contribution in [0.15, 0.2) is 24.3 Å². The highest BCUT2D eigenvalue weighted by Gasteiger charge is 2.10. The topological polar surface area (TPSA) is 64.3 Å². The van der Waals surface area contributed by atoms with Crippen molar-refractivity contribution in [3.63, 3.8) is 0 Å². The molecule has 1 amide bonds. The van der Waals surface area contributed by atoms with E-state index in [0.29, 0.717) is 17.7 Å². The van der Waals surface area contributed by atoms with Crippen LogP contribution in [0.3, 0.4) is 0 Å². The van der Waals surface area contributed by atoms with Gasteiger partial charge >= 0.3 is 0 Å². The van der Waals surface area contributed by atoms with Gasteiger partial charge < -0.3 is 15.8 Å². The Hall–Kier alpha value is -1.46. The Morgan fingerprint density at radius 3 is 2.76 bits per heavy atom. The van der Waals surface area contributed by atoms with Gasteiger partial charge in [-0.25, -0.2) is 0 Å². The van der Waals surface area contributed by atoms with Gasteiger partial charge in [-0.2, -0.15) is 0 Å². The van der Waals surface area contributed by atoms with Crippen molar-refractivity contribution in [2.45, 2.75) is 13.0 Å². The Labute approximate surface area is 106 Å². The fourth-order valence-corrected chi connectivity index (χ4v) is 1.54. The molecule has 17 heavy (non-hydrogen) atoms. The number of hydrogen-bond acceptors (Lipinski definition) is 3. The molecule has 0 aromatic heterocycles. The molecule has 3 N–H and O–H groups in total. The minimum Gasteiger partial charge on any atom is -0.389 e. The molecule has 1 aromatic rings. The van der Waals surface area contributed by atoms with Gasteiger partial charge in [0, 0.05) is 24.3 Å². The fraction of sp³-hybridized carbons (Fsp3) is 0.333. The van der Waals surface area contributed by atoms with Crippen LogP contribution in [0.2, 0.25) is 0 Å². The number of ether oxygens (including phenoxy) is 1. The molecule has 0 aliphatic carbocycles. The summed E-state index contributed by atoms with van der Waals surface area (Å²) < 4.78 is 4.95. The van der Waals surface area contributed by atoms with Crippen molar-refractivity contribution in [2.24, 2.45) is 5.73 Å². The van der Waals surface area contributed by atoms with Crippen molar-refractivity contribution in [1.82, 2.24) is 5.32 Å². The molecule has 4 nitrogen and oxygen atoms in total. The summed E-state index contributed by atoms with van der Waals surface area (Å²) in [6.07, 6.45) is 0. The molecule has 5 heteroatoms. The molecule has 0 aliphatic rings. The summed E-state index contributed by atoms with van der Waals surface area (Å²) in [5, 5.41) is 2.82. The molecule has 1 atom stereocenters. The molecule has 92 valence electrons. The Morgan fingerprint density at radius 2 is 2.18 bits per heavy atom. The average Bonchev–Trinajstić information content (AvgIpc) is 2.29. The molecular weight excluding hydrogens is 236 g/mol. The SMILES string of the molecule is COCC(C)NC(=O)c1cccc(C(N)=S)c1. The highest BCUT2D eigenvalue weighted by Crippen LogP contribution is 2.05. The average molecular weight is 252 g/mol. The lowest BCUT2D eigenvalue weighted by atomic mass is 10.1. The number of rotatable bonds is 5. The molecule has 0 saturated heterocycles. The van der Waals surface area contributed by atoms with E-state index in [1.165, 1.54) is 0 Å². The molecule has 0 bridgehead atoms. The van der Waals surface area contributed by atoms with Crippen molar-refractivity contribution >= 4 is 23.1 Å². The minimum absolute atomic E-state index is 0.0408. The lowest BCUT2D eigenvalue weighted by Gasteiger charge is -2.13. The Balaban J connectivity index is 2.75. The van der Waals surface area contributed by atoms with Crippen LogP contribution in [0.25, 0.3) is 0 Å². The van der Waals surface area contributed by atoms with Crippen LogP contribution >= 0.6 is 12.2 Å².